The number of methoxy groups -OCH3 is 1. The van der Waals surface area contributed by atoms with Gasteiger partial charge in [0.1, 0.15) is 5.75 Å². The number of ether oxygens (including phenoxy) is 2. The highest BCUT2D eigenvalue weighted by Crippen LogP contribution is 2.14. The molecule has 0 fully saturated rings. The number of hydrogen-bond donors (Lipinski definition) is 1. The molecule has 2 amide bonds. The molecule has 0 saturated heterocycles. The molecule has 0 radical (unpaired) electrons. The second-order valence-electron chi connectivity index (χ2n) is 6.20. The molecule has 7 nitrogen and oxygen atoms in total. The van der Waals surface area contributed by atoms with Gasteiger partial charge in [-0.25, -0.2) is 0 Å². The van der Waals surface area contributed by atoms with Gasteiger partial charge in [0.05, 0.1) is 13.5 Å². The maximum atomic E-state index is 12.6. The summed E-state index contributed by atoms with van der Waals surface area (Å²) in [5.41, 5.74) is 6.96. The van der Waals surface area contributed by atoms with Gasteiger partial charge in [0.25, 0.3) is 5.91 Å². The van der Waals surface area contributed by atoms with E-state index >= 15 is 0 Å². The first-order valence-corrected chi connectivity index (χ1v) is 8.86. The van der Waals surface area contributed by atoms with E-state index in [4.69, 9.17) is 10.5 Å². The Morgan fingerprint density at radius 2 is 1.64 bits per heavy atom. The number of carbonyl (C=O) groups excluding carboxylic acids is 3. The van der Waals surface area contributed by atoms with Gasteiger partial charge in [-0.05, 0) is 23.3 Å². The van der Waals surface area contributed by atoms with Crippen molar-refractivity contribution >= 4 is 17.8 Å². The SMILES string of the molecule is COC(=O)Cc1ccc(OCC(=O)N(CCC(N)=O)Cc2ccccc2)cc1. The van der Waals surface area contributed by atoms with Gasteiger partial charge in [-0.1, -0.05) is 42.5 Å². The number of hydrogen-bond acceptors (Lipinski definition) is 5. The van der Waals surface area contributed by atoms with Crippen LogP contribution in [0.25, 0.3) is 0 Å². The molecule has 0 unspecified atom stereocenters. The normalized spacial score (nSPS) is 10.2. The van der Waals surface area contributed by atoms with Crippen molar-refractivity contribution in [2.75, 3.05) is 20.3 Å². The van der Waals surface area contributed by atoms with Crippen LogP contribution in [0.3, 0.4) is 0 Å². The minimum absolute atomic E-state index is 0.0841. The van der Waals surface area contributed by atoms with Crippen LogP contribution in [0.15, 0.2) is 54.6 Å². The summed E-state index contributed by atoms with van der Waals surface area (Å²) in [6.07, 6.45) is 0.258. The molecule has 2 N–H and O–H groups in total. The third-order valence-electron chi connectivity index (χ3n) is 4.06. The molecule has 0 aliphatic rings. The summed E-state index contributed by atoms with van der Waals surface area (Å²) < 4.78 is 10.2. The van der Waals surface area contributed by atoms with Crippen molar-refractivity contribution in [2.24, 2.45) is 5.73 Å². The van der Waals surface area contributed by atoms with Crippen molar-refractivity contribution in [2.45, 2.75) is 19.4 Å². The van der Waals surface area contributed by atoms with E-state index in [9.17, 15) is 14.4 Å². The molecule has 0 aliphatic carbocycles. The highest BCUT2D eigenvalue weighted by atomic mass is 16.5. The second-order valence-corrected chi connectivity index (χ2v) is 6.20. The lowest BCUT2D eigenvalue weighted by Gasteiger charge is -2.22. The summed E-state index contributed by atoms with van der Waals surface area (Å²) in [6.45, 7) is 0.431. The Hall–Kier alpha value is -3.35. The zero-order valence-electron chi connectivity index (χ0n) is 15.8. The first-order chi connectivity index (χ1) is 13.5. The van der Waals surface area contributed by atoms with E-state index in [1.54, 1.807) is 29.2 Å². The Bertz CT molecular complexity index is 790. The van der Waals surface area contributed by atoms with Crippen molar-refractivity contribution in [3.05, 3.63) is 65.7 Å². The summed E-state index contributed by atoms with van der Waals surface area (Å²) in [6, 6.07) is 16.4. The third kappa shape index (κ3) is 7.11. The molecule has 28 heavy (non-hydrogen) atoms. The summed E-state index contributed by atoms with van der Waals surface area (Å²) in [5.74, 6) is -0.525. The molecule has 0 bridgehead atoms. The summed E-state index contributed by atoms with van der Waals surface area (Å²) >= 11 is 0. The van der Waals surface area contributed by atoms with Crippen LogP contribution >= 0.6 is 0 Å². The molecule has 7 heteroatoms. The molecule has 148 valence electrons. The van der Waals surface area contributed by atoms with E-state index in [1.165, 1.54) is 7.11 Å². The highest BCUT2D eigenvalue weighted by Gasteiger charge is 2.16. The smallest absolute Gasteiger partial charge is 0.309 e. The fraction of sp³-hybridized carbons (Fsp3) is 0.286. The van der Waals surface area contributed by atoms with Crippen molar-refractivity contribution in [3.8, 4) is 5.75 Å². The Morgan fingerprint density at radius 3 is 2.25 bits per heavy atom. The van der Waals surface area contributed by atoms with Crippen LogP contribution < -0.4 is 10.5 Å². The van der Waals surface area contributed by atoms with Gasteiger partial charge in [-0.15, -0.1) is 0 Å². The van der Waals surface area contributed by atoms with Crippen LogP contribution in [0.2, 0.25) is 0 Å². The number of primary amides is 1. The predicted octanol–water partition coefficient (Wildman–Crippen LogP) is 1.69. The van der Waals surface area contributed by atoms with E-state index in [0.29, 0.717) is 12.3 Å². The molecular weight excluding hydrogens is 360 g/mol. The van der Waals surface area contributed by atoms with Crippen molar-refractivity contribution in [3.63, 3.8) is 0 Å². The Labute approximate surface area is 164 Å². The minimum atomic E-state index is -0.465. The first-order valence-electron chi connectivity index (χ1n) is 8.86. The van der Waals surface area contributed by atoms with Crippen LogP contribution in [0.1, 0.15) is 17.5 Å². The van der Waals surface area contributed by atoms with Crippen LogP contribution in [-0.2, 0) is 32.1 Å². The zero-order chi connectivity index (χ0) is 20.4. The lowest BCUT2D eigenvalue weighted by Crippen LogP contribution is -2.36. The van der Waals surface area contributed by atoms with Gasteiger partial charge in [0.2, 0.25) is 5.91 Å². The van der Waals surface area contributed by atoms with Gasteiger partial charge in [0, 0.05) is 19.5 Å². The fourth-order valence-electron chi connectivity index (χ4n) is 2.52. The van der Waals surface area contributed by atoms with Crippen molar-refractivity contribution < 1.29 is 23.9 Å². The molecule has 2 aromatic rings. The predicted molar refractivity (Wildman–Crippen MR) is 103 cm³/mol. The van der Waals surface area contributed by atoms with Gasteiger partial charge >= 0.3 is 5.97 Å². The standard InChI is InChI=1S/C21H24N2O5/c1-27-21(26)13-16-7-9-18(10-8-16)28-15-20(25)23(12-11-19(22)24)14-17-5-3-2-4-6-17/h2-10H,11-15H2,1H3,(H2,22,24). The summed E-state index contributed by atoms with van der Waals surface area (Å²) in [4.78, 5) is 36.5. The molecule has 2 rings (SSSR count). The van der Waals surface area contributed by atoms with E-state index in [1.807, 2.05) is 30.3 Å². The average Bonchev–Trinajstić information content (AvgIpc) is 2.70. The van der Waals surface area contributed by atoms with Crippen LogP contribution in [0.4, 0.5) is 0 Å². The zero-order valence-corrected chi connectivity index (χ0v) is 15.8. The van der Waals surface area contributed by atoms with Crippen LogP contribution in [0, 0.1) is 0 Å². The summed E-state index contributed by atoms with van der Waals surface area (Å²) in [7, 11) is 1.34. The maximum Gasteiger partial charge on any atom is 0.309 e. The Morgan fingerprint density at radius 1 is 0.964 bits per heavy atom. The van der Waals surface area contributed by atoms with E-state index < -0.39 is 5.91 Å². The molecular formula is C21H24N2O5. The van der Waals surface area contributed by atoms with Gasteiger partial charge < -0.3 is 20.1 Å². The van der Waals surface area contributed by atoms with Crippen LogP contribution in [-0.4, -0.2) is 42.9 Å². The number of amides is 2. The number of rotatable bonds is 10. The number of nitrogens with two attached hydrogens (primary N) is 1. The number of esters is 1. The average molecular weight is 384 g/mol. The molecule has 0 spiro atoms. The monoisotopic (exact) mass is 384 g/mol. The molecule has 0 atom stereocenters. The number of nitrogens with zero attached hydrogens (tertiary/aromatic N) is 1. The van der Waals surface area contributed by atoms with Gasteiger partial charge in [-0.2, -0.15) is 0 Å². The van der Waals surface area contributed by atoms with Gasteiger partial charge in [0.15, 0.2) is 6.61 Å². The second kappa shape index (κ2) is 10.7. The lowest BCUT2D eigenvalue weighted by molar-refractivity contribution is -0.139. The molecule has 0 heterocycles. The van der Waals surface area contributed by atoms with E-state index in [-0.39, 0.29) is 37.9 Å². The number of carbonyl (C=O) groups is 3. The maximum absolute atomic E-state index is 12.6. The fourth-order valence-corrected chi connectivity index (χ4v) is 2.52. The van der Waals surface area contributed by atoms with Crippen molar-refractivity contribution in [1.82, 2.24) is 4.90 Å². The molecule has 0 aliphatic heterocycles. The molecule has 0 aromatic heterocycles. The summed E-state index contributed by atoms with van der Waals surface area (Å²) in [5, 5.41) is 0. The van der Waals surface area contributed by atoms with Crippen molar-refractivity contribution in [1.29, 1.82) is 0 Å². The number of benzene rings is 2. The Balaban J connectivity index is 1.94. The lowest BCUT2D eigenvalue weighted by atomic mass is 10.1. The largest absolute Gasteiger partial charge is 0.484 e. The quantitative estimate of drug-likeness (QED) is 0.629. The van der Waals surface area contributed by atoms with E-state index in [0.717, 1.165) is 11.1 Å². The van der Waals surface area contributed by atoms with E-state index in [2.05, 4.69) is 4.74 Å². The highest BCUT2D eigenvalue weighted by molar-refractivity contribution is 5.79. The topological polar surface area (TPSA) is 98.9 Å². The van der Waals surface area contributed by atoms with Gasteiger partial charge in [-0.3, -0.25) is 14.4 Å². The first kappa shape index (κ1) is 21.0. The third-order valence-corrected chi connectivity index (χ3v) is 4.06. The molecule has 2 aromatic carbocycles. The Kier molecular flexibility index (Phi) is 8.02. The minimum Gasteiger partial charge on any atom is -0.484 e. The van der Waals surface area contributed by atoms with Crippen LogP contribution in [0.5, 0.6) is 5.75 Å². The molecule has 0 saturated carbocycles.